The number of benzene rings is 3. The first kappa shape index (κ1) is 47.7. The minimum Gasteiger partial charge on any atom is -0.462 e. The fourth-order valence-corrected chi connectivity index (χ4v) is 10.7. The molecule has 9 atom stereocenters. The van der Waals surface area contributed by atoms with Gasteiger partial charge in [0, 0.05) is 12.0 Å². The van der Waals surface area contributed by atoms with Crippen molar-refractivity contribution in [2.75, 3.05) is 18.5 Å². The molecular weight excluding hydrogens is 883 g/mol. The molecule has 5 unspecified atom stereocenters. The summed E-state index contributed by atoms with van der Waals surface area (Å²) in [5.41, 5.74) is 0.244. The third-order valence-electron chi connectivity index (χ3n) is 10.8. The van der Waals surface area contributed by atoms with Crippen molar-refractivity contribution in [3.05, 3.63) is 109 Å². The molecule has 21 heteroatoms. The van der Waals surface area contributed by atoms with E-state index in [1.165, 1.54) is 26.5 Å². The van der Waals surface area contributed by atoms with Crippen LogP contribution in [0.5, 0.6) is 11.5 Å². The molecule has 0 spiro atoms. The minimum atomic E-state index is -4.50. The predicted molar refractivity (Wildman–Crippen MR) is 237 cm³/mol. The van der Waals surface area contributed by atoms with E-state index in [4.69, 9.17) is 32.3 Å². The van der Waals surface area contributed by atoms with Gasteiger partial charge in [-0.05, 0) is 71.4 Å². The number of halogens is 1. The van der Waals surface area contributed by atoms with Gasteiger partial charge in [-0.25, -0.2) is 28.5 Å². The van der Waals surface area contributed by atoms with Gasteiger partial charge in [0.2, 0.25) is 5.85 Å². The number of alkyl halides is 1. The molecule has 2 fully saturated rings. The molecular formula is C44H54FN7O11P2. The average molecular weight is 938 g/mol. The van der Waals surface area contributed by atoms with Gasteiger partial charge in [-0.15, -0.1) is 0 Å². The highest BCUT2D eigenvalue weighted by Crippen LogP contribution is 2.73. The predicted octanol–water partition coefficient (Wildman–Crippen LogP) is 7.95. The number of anilines is 1. The fourth-order valence-electron chi connectivity index (χ4n) is 7.61. The number of aromatic nitrogens is 4. The van der Waals surface area contributed by atoms with Crippen molar-refractivity contribution in [3.8, 4) is 11.5 Å². The van der Waals surface area contributed by atoms with E-state index >= 15 is 4.39 Å². The smallest absolute Gasteiger partial charge is 0.459 e. The molecule has 5 aromatic rings. The van der Waals surface area contributed by atoms with E-state index in [0.717, 1.165) is 5.56 Å². The molecule has 7 rings (SSSR count). The van der Waals surface area contributed by atoms with Gasteiger partial charge in [-0.3, -0.25) is 18.6 Å². The summed E-state index contributed by atoms with van der Waals surface area (Å²) < 4.78 is 89.5. The number of nitrogens with one attached hydrogen (secondary N) is 3. The summed E-state index contributed by atoms with van der Waals surface area (Å²) in [5.74, 6) is -4.16. The number of hydrogen-bond acceptors (Lipinski definition) is 15. The maximum atomic E-state index is 17.7. The third-order valence-corrected chi connectivity index (χ3v) is 14.0. The number of rotatable bonds is 22. The Morgan fingerprint density at radius 1 is 0.769 bits per heavy atom. The summed E-state index contributed by atoms with van der Waals surface area (Å²) in [5, 5.41) is 8.60. The first-order valence-corrected chi connectivity index (χ1v) is 24.3. The minimum absolute atomic E-state index is 0.151. The van der Waals surface area contributed by atoms with Crippen LogP contribution in [0.2, 0.25) is 0 Å². The summed E-state index contributed by atoms with van der Waals surface area (Å²) in [4.78, 5) is 39.3. The molecule has 3 heterocycles. The molecule has 1 aliphatic heterocycles. The second kappa shape index (κ2) is 19.7. The number of carbonyl (C=O) groups excluding carboxylic acids is 2. The van der Waals surface area contributed by atoms with Gasteiger partial charge < -0.3 is 33.1 Å². The quantitative estimate of drug-likeness (QED) is 0.0444. The Morgan fingerprint density at radius 3 is 1.83 bits per heavy atom. The van der Waals surface area contributed by atoms with E-state index in [2.05, 4.69) is 30.4 Å². The summed E-state index contributed by atoms with van der Waals surface area (Å²) in [6, 6.07) is 22.6. The van der Waals surface area contributed by atoms with Crippen LogP contribution in [0.3, 0.4) is 0 Å². The number of esters is 2. The normalized spacial score (nSPS) is 24.1. The molecule has 3 aromatic carbocycles. The fraction of sp³-hybridized carbons (Fsp3) is 0.432. The Bertz CT molecular complexity index is 2530. The van der Waals surface area contributed by atoms with Crippen LogP contribution in [0, 0.1) is 11.3 Å². The maximum Gasteiger partial charge on any atom is 0.459 e. The second-order valence-electron chi connectivity index (χ2n) is 16.7. The van der Waals surface area contributed by atoms with Crippen LogP contribution in [0.25, 0.3) is 11.2 Å². The number of fused-ring (bicyclic) bond motifs is 2. The number of ether oxygens (including phenoxy) is 3. The van der Waals surface area contributed by atoms with Gasteiger partial charge in [0.05, 0.1) is 43.8 Å². The molecule has 2 aliphatic rings. The van der Waals surface area contributed by atoms with Crippen LogP contribution in [-0.2, 0) is 48.5 Å². The lowest BCUT2D eigenvalue weighted by Gasteiger charge is -2.35. The second-order valence-corrected chi connectivity index (χ2v) is 20.1. The van der Waals surface area contributed by atoms with E-state index in [-0.39, 0.29) is 11.5 Å². The zero-order chi connectivity index (χ0) is 46.6. The molecule has 348 valence electrons. The molecule has 3 N–H and O–H groups in total. The Labute approximate surface area is 376 Å². The zero-order valence-electron chi connectivity index (χ0n) is 37.0. The van der Waals surface area contributed by atoms with Crippen LogP contribution < -0.4 is 24.5 Å². The van der Waals surface area contributed by atoms with Crippen LogP contribution in [-0.4, -0.2) is 80.9 Å². The van der Waals surface area contributed by atoms with Crippen molar-refractivity contribution in [2.45, 2.75) is 97.3 Å². The molecule has 2 aromatic heterocycles. The van der Waals surface area contributed by atoms with Gasteiger partial charge in [0.1, 0.15) is 41.5 Å². The highest BCUT2D eigenvalue weighted by atomic mass is 31.2. The lowest BCUT2D eigenvalue weighted by Crippen LogP contribution is -2.43. The topological polar surface area (TPSA) is 213 Å². The number of hydrogen-bond donors (Lipinski definition) is 3. The van der Waals surface area contributed by atoms with Crippen LogP contribution in [0.15, 0.2) is 104 Å². The van der Waals surface area contributed by atoms with Crippen molar-refractivity contribution in [2.24, 2.45) is 11.3 Å². The van der Waals surface area contributed by atoms with Crippen LogP contribution >= 0.6 is 15.5 Å². The van der Waals surface area contributed by atoms with Gasteiger partial charge in [-0.1, -0.05) is 73.7 Å². The number of imidazole rings is 1. The van der Waals surface area contributed by atoms with Crippen molar-refractivity contribution in [3.63, 3.8) is 0 Å². The van der Waals surface area contributed by atoms with Gasteiger partial charge >= 0.3 is 27.4 Å². The lowest BCUT2D eigenvalue weighted by molar-refractivity contribution is -0.150. The van der Waals surface area contributed by atoms with Gasteiger partial charge in [0.25, 0.3) is 0 Å². The van der Waals surface area contributed by atoms with Crippen LogP contribution in [0.1, 0.15) is 60.1 Å². The van der Waals surface area contributed by atoms with E-state index in [0.29, 0.717) is 23.5 Å². The highest BCUT2D eigenvalue weighted by Gasteiger charge is 2.82. The molecule has 65 heavy (non-hydrogen) atoms. The average Bonchev–Trinajstić information content (AvgIpc) is 3.52. The molecule has 0 amide bonds. The highest BCUT2D eigenvalue weighted by molar-refractivity contribution is 7.52. The summed E-state index contributed by atoms with van der Waals surface area (Å²) >= 11 is 0. The summed E-state index contributed by atoms with van der Waals surface area (Å²) in [7, 11) is -8.98. The Hall–Kier alpha value is -5.26. The Kier molecular flexibility index (Phi) is 14.4. The molecule has 1 aliphatic carbocycles. The molecule has 18 nitrogen and oxygen atoms in total. The number of nitrogens with zero attached hydrogens (tertiary/aromatic N) is 4. The lowest BCUT2D eigenvalue weighted by atomic mass is 9.81. The first-order chi connectivity index (χ1) is 30.9. The van der Waals surface area contributed by atoms with E-state index < -0.39 is 94.3 Å². The monoisotopic (exact) mass is 937 g/mol. The Morgan fingerprint density at radius 2 is 1.29 bits per heavy atom. The van der Waals surface area contributed by atoms with Crippen LogP contribution in [0.4, 0.5) is 10.2 Å². The van der Waals surface area contributed by atoms with Crippen molar-refractivity contribution < 1.29 is 55.4 Å². The third kappa shape index (κ3) is 11.1. The first-order valence-electron chi connectivity index (χ1n) is 21.2. The Balaban J connectivity index is 1.21. The number of carbonyl (C=O) groups is 2. The van der Waals surface area contributed by atoms with E-state index in [1.54, 1.807) is 99.8 Å². The number of para-hydroxylation sites is 2. The summed E-state index contributed by atoms with van der Waals surface area (Å²) in [6.45, 7) is 10.6. The van der Waals surface area contributed by atoms with Crippen molar-refractivity contribution in [1.29, 1.82) is 0 Å². The standard InChI is InChI=1S/C44H54FN7O11P2/c1-28(2)59-41(53)30(5)50-64(55,62-33-19-13-9-14-20-33)57-24-35-43(7,25-58-65(56,63-34-21-15-10-16-22-34)51-31(6)42(54)60-29(3)4)37-38(44(37,45)61-35)52-27-49-36-39(47-26-48-40(36)52)46-23-32-17-11-8-12-18-32/h8-22,26-31,35,37-38H,23-25H2,1-7H3,(H,50,55)(H,51,56)(H,46,47,48)/t30-,31-,35+,37?,38-,43?,44?,64?,65?/m0/s1. The van der Waals surface area contributed by atoms with Gasteiger partial charge in [0.15, 0.2) is 11.5 Å². The SMILES string of the molecule is CC(C)OC(=O)[C@H](C)NP(=O)(OC[C@H]1OC2(F)C([C@@H]2n2cnc3c(NCc4ccccc4)ncnc32)C1(C)COP(=O)(N[C@@H](C)C(=O)OC(C)C)Oc1ccccc1)Oc1ccccc1. The summed E-state index contributed by atoms with van der Waals surface area (Å²) in [6.07, 6.45) is 0.598. The molecule has 1 saturated carbocycles. The van der Waals surface area contributed by atoms with E-state index in [9.17, 15) is 18.7 Å². The van der Waals surface area contributed by atoms with Crippen molar-refractivity contribution >= 4 is 44.4 Å². The maximum absolute atomic E-state index is 17.7. The zero-order valence-corrected chi connectivity index (χ0v) is 38.8. The molecule has 1 saturated heterocycles. The largest absolute Gasteiger partial charge is 0.462 e. The van der Waals surface area contributed by atoms with Gasteiger partial charge in [-0.2, -0.15) is 10.2 Å². The molecule has 0 bridgehead atoms. The molecule has 0 radical (unpaired) electrons. The van der Waals surface area contributed by atoms with Crippen molar-refractivity contribution in [1.82, 2.24) is 29.7 Å². The van der Waals surface area contributed by atoms with E-state index in [1.807, 2.05) is 30.3 Å².